The molecule has 0 unspecified atom stereocenters. The van der Waals surface area contributed by atoms with Gasteiger partial charge in [0, 0.05) is 5.56 Å². The molecular formula is C12H15FO. The van der Waals surface area contributed by atoms with Crippen LogP contribution in [0.5, 0.6) is 5.75 Å². The van der Waals surface area contributed by atoms with E-state index in [1.54, 1.807) is 13.0 Å². The van der Waals surface area contributed by atoms with Gasteiger partial charge in [-0.05, 0) is 37.8 Å². The van der Waals surface area contributed by atoms with E-state index in [4.69, 9.17) is 4.74 Å². The number of ether oxygens (including phenoxy) is 1. The van der Waals surface area contributed by atoms with Gasteiger partial charge in [0.1, 0.15) is 11.6 Å². The molecule has 14 heavy (non-hydrogen) atoms. The topological polar surface area (TPSA) is 9.23 Å². The van der Waals surface area contributed by atoms with Crippen molar-refractivity contribution in [1.29, 1.82) is 0 Å². The van der Waals surface area contributed by atoms with Gasteiger partial charge in [0.25, 0.3) is 0 Å². The summed E-state index contributed by atoms with van der Waals surface area (Å²) in [6.45, 7) is 3.96. The molecule has 1 aliphatic rings. The molecule has 1 saturated carbocycles. The Morgan fingerprint density at radius 2 is 2.07 bits per heavy atom. The summed E-state index contributed by atoms with van der Waals surface area (Å²) in [4.78, 5) is 0. The van der Waals surface area contributed by atoms with Crippen molar-refractivity contribution in [3.63, 3.8) is 0 Å². The molecule has 0 aliphatic heterocycles. The molecule has 1 fully saturated rings. The second-order valence-electron chi connectivity index (χ2n) is 4.18. The van der Waals surface area contributed by atoms with Gasteiger partial charge in [-0.15, -0.1) is 0 Å². The Labute approximate surface area is 83.9 Å². The molecule has 0 radical (unpaired) electrons. The average molecular weight is 194 g/mol. The smallest absolute Gasteiger partial charge is 0.129 e. The monoisotopic (exact) mass is 194 g/mol. The van der Waals surface area contributed by atoms with Crippen molar-refractivity contribution in [2.45, 2.75) is 32.8 Å². The normalized spacial score (nSPS) is 25.6. The molecule has 1 nitrogen and oxygen atoms in total. The summed E-state index contributed by atoms with van der Waals surface area (Å²) in [5.41, 5.74) is 0.618. The van der Waals surface area contributed by atoms with E-state index in [0.717, 1.165) is 18.8 Å². The maximum atomic E-state index is 13.1. The van der Waals surface area contributed by atoms with Crippen LogP contribution in [0.3, 0.4) is 0 Å². The van der Waals surface area contributed by atoms with Crippen molar-refractivity contribution in [2.75, 3.05) is 0 Å². The first-order chi connectivity index (χ1) is 6.66. The lowest BCUT2D eigenvalue weighted by Crippen LogP contribution is -2.32. The molecule has 0 heterocycles. The fourth-order valence-electron chi connectivity index (χ4n) is 1.82. The van der Waals surface area contributed by atoms with Crippen molar-refractivity contribution in [2.24, 2.45) is 5.92 Å². The standard InChI is InChI=1S/C12H15FO/c1-8-6-10(7-8)14-12-5-3-4-11(13)9(12)2/h3-5,8,10H,6-7H2,1-2H3. The van der Waals surface area contributed by atoms with Crippen molar-refractivity contribution in [3.8, 4) is 5.75 Å². The van der Waals surface area contributed by atoms with Crippen LogP contribution >= 0.6 is 0 Å². The largest absolute Gasteiger partial charge is 0.490 e. The maximum Gasteiger partial charge on any atom is 0.129 e. The number of benzene rings is 1. The molecule has 0 atom stereocenters. The molecule has 2 heteroatoms. The Morgan fingerprint density at radius 3 is 2.71 bits per heavy atom. The van der Waals surface area contributed by atoms with Gasteiger partial charge in [-0.3, -0.25) is 0 Å². The molecule has 0 N–H and O–H groups in total. The van der Waals surface area contributed by atoms with E-state index in [-0.39, 0.29) is 5.82 Å². The Hall–Kier alpha value is -1.05. The van der Waals surface area contributed by atoms with E-state index >= 15 is 0 Å². The van der Waals surface area contributed by atoms with Crippen LogP contribution in [0.2, 0.25) is 0 Å². The van der Waals surface area contributed by atoms with E-state index < -0.39 is 0 Å². The quantitative estimate of drug-likeness (QED) is 0.701. The fraction of sp³-hybridized carbons (Fsp3) is 0.500. The van der Waals surface area contributed by atoms with Crippen LogP contribution in [0.25, 0.3) is 0 Å². The molecule has 2 rings (SSSR count). The summed E-state index contributed by atoms with van der Waals surface area (Å²) < 4.78 is 18.8. The highest BCUT2D eigenvalue weighted by Crippen LogP contribution is 2.32. The minimum atomic E-state index is -0.185. The summed E-state index contributed by atoms with van der Waals surface area (Å²) in [7, 11) is 0. The first-order valence-electron chi connectivity index (χ1n) is 5.08. The highest BCUT2D eigenvalue weighted by molar-refractivity contribution is 5.33. The predicted octanol–water partition coefficient (Wildman–Crippen LogP) is 3.31. The third-order valence-corrected chi connectivity index (χ3v) is 2.84. The highest BCUT2D eigenvalue weighted by atomic mass is 19.1. The SMILES string of the molecule is Cc1c(F)cccc1OC1CC(C)C1. The van der Waals surface area contributed by atoms with Crippen LogP contribution < -0.4 is 4.74 Å². The fourth-order valence-corrected chi connectivity index (χ4v) is 1.82. The number of hydrogen-bond donors (Lipinski definition) is 0. The van der Waals surface area contributed by atoms with Crippen molar-refractivity contribution in [1.82, 2.24) is 0 Å². The van der Waals surface area contributed by atoms with Crippen LogP contribution in [0, 0.1) is 18.7 Å². The average Bonchev–Trinajstić information content (AvgIpc) is 2.10. The zero-order chi connectivity index (χ0) is 10.1. The van der Waals surface area contributed by atoms with Gasteiger partial charge < -0.3 is 4.74 Å². The van der Waals surface area contributed by atoms with Crippen LogP contribution in [-0.2, 0) is 0 Å². The molecule has 0 aromatic heterocycles. The second kappa shape index (κ2) is 3.60. The summed E-state index contributed by atoms with van der Waals surface area (Å²) in [6.07, 6.45) is 2.48. The molecule has 0 saturated heterocycles. The molecule has 0 spiro atoms. The van der Waals surface area contributed by atoms with Gasteiger partial charge in [0.2, 0.25) is 0 Å². The van der Waals surface area contributed by atoms with Gasteiger partial charge in [-0.25, -0.2) is 4.39 Å². The van der Waals surface area contributed by atoms with Crippen LogP contribution in [0.1, 0.15) is 25.3 Å². The Balaban J connectivity index is 2.06. The van der Waals surface area contributed by atoms with E-state index in [1.807, 2.05) is 6.07 Å². The van der Waals surface area contributed by atoms with Crippen molar-refractivity contribution in [3.05, 3.63) is 29.6 Å². The van der Waals surface area contributed by atoms with Gasteiger partial charge in [0.05, 0.1) is 6.10 Å². The molecule has 0 bridgehead atoms. The molecule has 1 aromatic rings. The minimum Gasteiger partial charge on any atom is -0.490 e. The zero-order valence-electron chi connectivity index (χ0n) is 8.59. The first-order valence-corrected chi connectivity index (χ1v) is 5.08. The van der Waals surface area contributed by atoms with Gasteiger partial charge in [-0.1, -0.05) is 13.0 Å². The van der Waals surface area contributed by atoms with E-state index in [2.05, 4.69) is 6.92 Å². The lowest BCUT2D eigenvalue weighted by Gasteiger charge is -2.33. The number of halogens is 1. The van der Waals surface area contributed by atoms with Gasteiger partial charge in [0.15, 0.2) is 0 Å². The number of rotatable bonds is 2. The maximum absolute atomic E-state index is 13.1. The van der Waals surface area contributed by atoms with Crippen LogP contribution in [-0.4, -0.2) is 6.10 Å². The summed E-state index contributed by atoms with van der Waals surface area (Å²) in [5.74, 6) is 1.27. The molecular weight excluding hydrogens is 179 g/mol. The molecule has 0 amide bonds. The van der Waals surface area contributed by atoms with E-state index in [1.165, 1.54) is 6.07 Å². The van der Waals surface area contributed by atoms with Gasteiger partial charge >= 0.3 is 0 Å². The van der Waals surface area contributed by atoms with Crippen LogP contribution in [0.4, 0.5) is 4.39 Å². The molecule has 76 valence electrons. The lowest BCUT2D eigenvalue weighted by molar-refractivity contribution is 0.0729. The Kier molecular flexibility index (Phi) is 2.44. The van der Waals surface area contributed by atoms with E-state index in [0.29, 0.717) is 17.4 Å². The predicted molar refractivity (Wildman–Crippen MR) is 54.0 cm³/mol. The highest BCUT2D eigenvalue weighted by Gasteiger charge is 2.27. The third-order valence-electron chi connectivity index (χ3n) is 2.84. The second-order valence-corrected chi connectivity index (χ2v) is 4.18. The minimum absolute atomic E-state index is 0.185. The third kappa shape index (κ3) is 1.74. The van der Waals surface area contributed by atoms with Gasteiger partial charge in [-0.2, -0.15) is 0 Å². The zero-order valence-corrected chi connectivity index (χ0v) is 8.59. The lowest BCUT2D eigenvalue weighted by atomic mass is 9.84. The summed E-state index contributed by atoms with van der Waals surface area (Å²) in [6, 6.07) is 4.99. The van der Waals surface area contributed by atoms with Crippen LogP contribution in [0.15, 0.2) is 18.2 Å². The summed E-state index contributed by atoms with van der Waals surface area (Å²) >= 11 is 0. The van der Waals surface area contributed by atoms with Crippen molar-refractivity contribution < 1.29 is 9.13 Å². The molecule has 1 aliphatic carbocycles. The summed E-state index contributed by atoms with van der Waals surface area (Å²) in [5, 5.41) is 0. The Morgan fingerprint density at radius 1 is 1.36 bits per heavy atom. The van der Waals surface area contributed by atoms with Crippen molar-refractivity contribution >= 4 is 0 Å². The van der Waals surface area contributed by atoms with E-state index in [9.17, 15) is 4.39 Å². The first kappa shape index (κ1) is 9.50. The Bertz CT molecular complexity index is 329. The number of hydrogen-bond acceptors (Lipinski definition) is 1. The molecule has 1 aromatic carbocycles.